The van der Waals surface area contributed by atoms with Crippen molar-refractivity contribution in [1.82, 2.24) is 9.80 Å². The summed E-state index contributed by atoms with van der Waals surface area (Å²) in [4.78, 5) is 44.2. The van der Waals surface area contributed by atoms with E-state index in [4.69, 9.17) is 9.47 Å². The van der Waals surface area contributed by atoms with Crippen LogP contribution in [0.3, 0.4) is 0 Å². The predicted octanol–water partition coefficient (Wildman–Crippen LogP) is 1.43. The first-order chi connectivity index (χ1) is 15.3. The largest absolute Gasteiger partial charge is 0.461 e. The van der Waals surface area contributed by atoms with Crippen molar-refractivity contribution in [3.63, 3.8) is 0 Å². The highest BCUT2D eigenvalue weighted by atomic mass is 16.6. The summed E-state index contributed by atoms with van der Waals surface area (Å²) >= 11 is 0. The Balaban J connectivity index is 1.89. The number of esters is 1. The number of hydrogen-bond acceptors (Lipinski definition) is 6. The zero-order valence-electron chi connectivity index (χ0n) is 19.3. The van der Waals surface area contributed by atoms with Gasteiger partial charge in [0.05, 0.1) is 18.6 Å². The second-order valence-corrected chi connectivity index (χ2v) is 9.46. The SMILES string of the molecule is CCCC(C)N1CC=C[C@]23O[C@@]4(CC)C=CCOC(=O)[C@H]4[C@H]2C(=O)N([C@H](C)CO)C3C1=O. The summed E-state index contributed by atoms with van der Waals surface area (Å²) in [7, 11) is 0. The van der Waals surface area contributed by atoms with Crippen molar-refractivity contribution in [3.8, 4) is 0 Å². The molecule has 2 unspecified atom stereocenters. The fourth-order valence-corrected chi connectivity index (χ4v) is 6.08. The van der Waals surface area contributed by atoms with Crippen molar-refractivity contribution in [1.29, 1.82) is 0 Å². The number of cyclic esters (lactones) is 1. The van der Waals surface area contributed by atoms with E-state index in [-0.39, 0.29) is 31.1 Å². The van der Waals surface area contributed by atoms with E-state index in [1.807, 2.05) is 32.1 Å². The van der Waals surface area contributed by atoms with E-state index in [9.17, 15) is 19.5 Å². The van der Waals surface area contributed by atoms with Gasteiger partial charge in [-0.15, -0.1) is 0 Å². The molecule has 8 heteroatoms. The maximum absolute atomic E-state index is 14.0. The second-order valence-electron chi connectivity index (χ2n) is 9.46. The molecule has 2 amide bonds. The topological polar surface area (TPSA) is 96.4 Å². The van der Waals surface area contributed by atoms with Crippen molar-refractivity contribution in [2.45, 2.75) is 76.3 Å². The monoisotopic (exact) mass is 446 g/mol. The summed E-state index contributed by atoms with van der Waals surface area (Å²) in [5, 5.41) is 9.93. The molecule has 32 heavy (non-hydrogen) atoms. The van der Waals surface area contributed by atoms with Crippen LogP contribution in [0, 0.1) is 11.8 Å². The van der Waals surface area contributed by atoms with Crippen molar-refractivity contribution in [3.05, 3.63) is 24.3 Å². The van der Waals surface area contributed by atoms with Gasteiger partial charge in [0.15, 0.2) is 0 Å². The lowest BCUT2D eigenvalue weighted by Crippen LogP contribution is -2.59. The third-order valence-corrected chi connectivity index (χ3v) is 7.64. The van der Waals surface area contributed by atoms with Crippen LogP contribution < -0.4 is 0 Å². The Morgan fingerprint density at radius 3 is 2.50 bits per heavy atom. The molecule has 0 aromatic heterocycles. The summed E-state index contributed by atoms with van der Waals surface area (Å²) in [6, 6.07) is -1.55. The number of hydrogen-bond donors (Lipinski definition) is 1. The summed E-state index contributed by atoms with van der Waals surface area (Å²) in [6.07, 6.45) is 9.54. The average molecular weight is 447 g/mol. The molecule has 0 saturated carbocycles. The quantitative estimate of drug-likeness (QED) is 0.490. The number of amides is 2. The molecule has 1 N–H and O–H groups in total. The van der Waals surface area contributed by atoms with Gasteiger partial charge in [0.2, 0.25) is 11.8 Å². The lowest BCUT2D eigenvalue weighted by Gasteiger charge is -2.40. The molecule has 4 rings (SSSR count). The minimum atomic E-state index is -1.29. The van der Waals surface area contributed by atoms with Gasteiger partial charge in [0, 0.05) is 12.6 Å². The normalized spacial score (nSPS) is 38.0. The van der Waals surface area contributed by atoms with Gasteiger partial charge in [-0.25, -0.2) is 0 Å². The van der Waals surface area contributed by atoms with Crippen LogP contribution in [-0.4, -0.2) is 81.8 Å². The van der Waals surface area contributed by atoms with E-state index >= 15 is 0 Å². The Kier molecular flexibility index (Phi) is 5.96. The van der Waals surface area contributed by atoms with Crippen molar-refractivity contribution in [2.75, 3.05) is 19.8 Å². The van der Waals surface area contributed by atoms with Crippen molar-refractivity contribution >= 4 is 17.8 Å². The van der Waals surface area contributed by atoms with Crippen molar-refractivity contribution < 1.29 is 29.0 Å². The first-order valence-electron chi connectivity index (χ1n) is 11.7. The van der Waals surface area contributed by atoms with Gasteiger partial charge in [0.1, 0.15) is 29.8 Å². The van der Waals surface area contributed by atoms with Crippen LogP contribution in [0.4, 0.5) is 0 Å². The first kappa shape index (κ1) is 23.0. The first-order valence-corrected chi connectivity index (χ1v) is 11.7. The smallest absolute Gasteiger partial charge is 0.313 e. The molecule has 4 aliphatic heterocycles. The van der Waals surface area contributed by atoms with Gasteiger partial charge in [-0.05, 0) is 32.8 Å². The Bertz CT molecular complexity index is 855. The van der Waals surface area contributed by atoms with Crippen LogP contribution >= 0.6 is 0 Å². The molecule has 176 valence electrons. The number of carbonyl (C=O) groups excluding carboxylic acids is 3. The maximum Gasteiger partial charge on any atom is 0.313 e. The number of ether oxygens (including phenoxy) is 2. The summed E-state index contributed by atoms with van der Waals surface area (Å²) in [5.41, 5.74) is -2.31. The third-order valence-electron chi connectivity index (χ3n) is 7.64. The number of rotatable bonds is 6. The summed E-state index contributed by atoms with van der Waals surface area (Å²) < 4.78 is 12.1. The number of aliphatic hydroxyl groups is 1. The molecule has 2 saturated heterocycles. The molecule has 0 aromatic carbocycles. The lowest BCUT2D eigenvalue weighted by atomic mass is 9.73. The number of carbonyl (C=O) groups is 3. The van der Waals surface area contributed by atoms with E-state index in [1.54, 1.807) is 17.9 Å². The van der Waals surface area contributed by atoms with Crippen LogP contribution in [-0.2, 0) is 23.9 Å². The highest BCUT2D eigenvalue weighted by molar-refractivity contribution is 5.99. The van der Waals surface area contributed by atoms with E-state index in [0.29, 0.717) is 13.0 Å². The number of aliphatic hydroxyl groups excluding tert-OH is 1. The van der Waals surface area contributed by atoms with Gasteiger partial charge in [0.25, 0.3) is 0 Å². The number of nitrogens with zero attached hydrogens (tertiary/aromatic N) is 2. The van der Waals surface area contributed by atoms with Gasteiger partial charge in [-0.1, -0.05) is 38.5 Å². The molecule has 0 aromatic rings. The zero-order chi connectivity index (χ0) is 23.3. The highest BCUT2D eigenvalue weighted by Gasteiger charge is 2.75. The van der Waals surface area contributed by atoms with Crippen LogP contribution in [0.15, 0.2) is 24.3 Å². The highest BCUT2D eigenvalue weighted by Crippen LogP contribution is 2.58. The van der Waals surface area contributed by atoms with Crippen molar-refractivity contribution in [2.24, 2.45) is 11.8 Å². The molecule has 7 atom stereocenters. The molecule has 4 heterocycles. The Hall–Kier alpha value is -2.19. The van der Waals surface area contributed by atoms with E-state index in [1.165, 1.54) is 4.90 Å². The summed E-state index contributed by atoms with van der Waals surface area (Å²) in [5.74, 6) is -2.77. The Morgan fingerprint density at radius 2 is 1.84 bits per heavy atom. The minimum Gasteiger partial charge on any atom is -0.461 e. The zero-order valence-corrected chi connectivity index (χ0v) is 19.3. The minimum absolute atomic E-state index is 0.00962. The second kappa shape index (κ2) is 8.30. The van der Waals surface area contributed by atoms with Crippen LogP contribution in [0.5, 0.6) is 0 Å². The standard InChI is InChI=1S/C24H34N2O6/c1-5-9-15(3)25-12-7-11-24-17(20(28)26(16(4)14-27)19(24)21(25)29)18-22(30)31-13-8-10-23(18,6-2)32-24/h7-8,10-11,15-19,27H,5-6,9,12-14H2,1-4H3/t15?,16-,17+,18-,19?,23+,24+/m1/s1. The number of fused-ring (bicyclic) bond motifs is 2. The Labute approximate surface area is 189 Å². The molecule has 0 radical (unpaired) electrons. The number of likely N-dealkylation sites (tertiary alicyclic amines) is 1. The molecule has 8 nitrogen and oxygen atoms in total. The summed E-state index contributed by atoms with van der Waals surface area (Å²) in [6.45, 7) is 7.96. The molecule has 1 spiro atoms. The molecule has 2 fully saturated rings. The van der Waals surface area contributed by atoms with Crippen LogP contribution in [0.1, 0.15) is 47.0 Å². The van der Waals surface area contributed by atoms with Gasteiger partial charge in [-0.3, -0.25) is 14.4 Å². The molecule has 0 aliphatic carbocycles. The average Bonchev–Trinajstić information content (AvgIpc) is 3.06. The fourth-order valence-electron chi connectivity index (χ4n) is 6.08. The van der Waals surface area contributed by atoms with E-state index in [2.05, 4.69) is 6.92 Å². The van der Waals surface area contributed by atoms with Crippen LogP contribution in [0.2, 0.25) is 0 Å². The van der Waals surface area contributed by atoms with Gasteiger partial charge < -0.3 is 24.4 Å². The molecular formula is C24H34N2O6. The van der Waals surface area contributed by atoms with E-state index < -0.39 is 41.1 Å². The molecule has 4 aliphatic rings. The van der Waals surface area contributed by atoms with Gasteiger partial charge in [-0.2, -0.15) is 0 Å². The molecule has 0 bridgehead atoms. The Morgan fingerprint density at radius 1 is 1.09 bits per heavy atom. The maximum atomic E-state index is 14.0. The fraction of sp³-hybridized carbons (Fsp3) is 0.708. The van der Waals surface area contributed by atoms with E-state index in [0.717, 1.165) is 12.8 Å². The third kappa shape index (κ3) is 3.06. The van der Waals surface area contributed by atoms with Crippen LogP contribution in [0.25, 0.3) is 0 Å². The predicted molar refractivity (Wildman–Crippen MR) is 116 cm³/mol. The van der Waals surface area contributed by atoms with Gasteiger partial charge >= 0.3 is 5.97 Å². The lowest BCUT2D eigenvalue weighted by molar-refractivity contribution is -0.161. The molecular weight excluding hydrogens is 412 g/mol.